The van der Waals surface area contributed by atoms with E-state index in [2.05, 4.69) is 127 Å². The Bertz CT molecular complexity index is 1030. The van der Waals surface area contributed by atoms with Crippen LogP contribution in [0.3, 0.4) is 0 Å². The van der Waals surface area contributed by atoms with Crippen molar-refractivity contribution in [3.8, 4) is 5.75 Å². The van der Waals surface area contributed by atoms with E-state index in [9.17, 15) is 0 Å². The summed E-state index contributed by atoms with van der Waals surface area (Å²) in [6, 6.07) is 27.2. The van der Waals surface area contributed by atoms with E-state index in [1.807, 2.05) is 0 Å². The van der Waals surface area contributed by atoms with Crippen LogP contribution in [-0.2, 0) is 8.16 Å². The Kier molecular flexibility index (Phi) is 6.31. The maximum Gasteiger partial charge on any atom is 0.118 e. The molecule has 2 aliphatic heterocycles. The molecule has 2 fully saturated rings. The molecule has 0 radical (unpaired) electrons. The molecule has 0 saturated carbocycles. The number of methoxy groups -OCH3 is 1. The molecule has 0 N–H and O–H groups in total. The highest BCUT2D eigenvalue weighted by Crippen LogP contribution is 2.59. The molecular formula is C26H26OS4. The highest BCUT2D eigenvalue weighted by molar-refractivity contribution is 8.21. The lowest BCUT2D eigenvalue weighted by Crippen LogP contribution is -2.20. The first-order valence-electron chi connectivity index (χ1n) is 10.5. The van der Waals surface area contributed by atoms with E-state index in [0.717, 1.165) is 5.75 Å². The molecule has 0 bridgehead atoms. The first kappa shape index (κ1) is 21.7. The van der Waals surface area contributed by atoms with Gasteiger partial charge in [0.25, 0.3) is 0 Å². The van der Waals surface area contributed by atoms with E-state index in [4.69, 9.17) is 4.74 Å². The van der Waals surface area contributed by atoms with Gasteiger partial charge in [-0.15, -0.1) is 47.0 Å². The van der Waals surface area contributed by atoms with Crippen LogP contribution in [0, 0.1) is 6.92 Å². The first-order valence-corrected chi connectivity index (χ1v) is 14.5. The van der Waals surface area contributed by atoms with Crippen molar-refractivity contribution in [3.63, 3.8) is 0 Å². The van der Waals surface area contributed by atoms with Crippen molar-refractivity contribution in [2.45, 2.75) is 15.1 Å². The summed E-state index contributed by atoms with van der Waals surface area (Å²) < 4.78 is 5.34. The molecule has 5 heteroatoms. The van der Waals surface area contributed by atoms with Gasteiger partial charge in [0, 0.05) is 23.0 Å². The van der Waals surface area contributed by atoms with E-state index >= 15 is 0 Å². The van der Waals surface area contributed by atoms with E-state index in [-0.39, 0.29) is 8.16 Å². The quantitative estimate of drug-likeness (QED) is 0.374. The number of benzene rings is 3. The smallest absolute Gasteiger partial charge is 0.118 e. The molecule has 2 saturated heterocycles. The summed E-state index contributed by atoms with van der Waals surface area (Å²) in [5.74, 6) is 5.64. The molecule has 0 aromatic heterocycles. The molecule has 31 heavy (non-hydrogen) atoms. The van der Waals surface area contributed by atoms with E-state index in [1.165, 1.54) is 50.8 Å². The summed E-state index contributed by atoms with van der Waals surface area (Å²) in [5.41, 5.74) is 6.91. The third-order valence-corrected chi connectivity index (χ3v) is 13.0. The Labute approximate surface area is 202 Å². The van der Waals surface area contributed by atoms with Gasteiger partial charge < -0.3 is 4.74 Å². The van der Waals surface area contributed by atoms with Gasteiger partial charge in [-0.05, 0) is 41.3 Å². The summed E-state index contributed by atoms with van der Waals surface area (Å²) in [6.07, 6.45) is 0. The van der Waals surface area contributed by atoms with Crippen molar-refractivity contribution in [2.24, 2.45) is 0 Å². The largest absolute Gasteiger partial charge is 0.497 e. The molecule has 1 nitrogen and oxygen atoms in total. The maximum absolute atomic E-state index is 5.41. The molecule has 0 atom stereocenters. The molecule has 3 aromatic carbocycles. The second kappa shape index (κ2) is 9.01. The van der Waals surface area contributed by atoms with Crippen molar-refractivity contribution in [1.82, 2.24) is 0 Å². The normalized spacial score (nSPS) is 19.4. The minimum atomic E-state index is -0.0509. The Hall–Kier alpha value is -1.14. The molecule has 0 unspecified atom stereocenters. The summed E-state index contributed by atoms with van der Waals surface area (Å²) >= 11 is 8.30. The topological polar surface area (TPSA) is 9.23 Å². The molecule has 2 aliphatic rings. The van der Waals surface area contributed by atoms with Gasteiger partial charge in [-0.2, -0.15) is 0 Å². The minimum absolute atomic E-state index is 0.0151. The Morgan fingerprint density at radius 3 is 1.52 bits per heavy atom. The van der Waals surface area contributed by atoms with Crippen LogP contribution in [0.2, 0.25) is 0 Å². The lowest BCUT2D eigenvalue weighted by Gasteiger charge is -2.33. The van der Waals surface area contributed by atoms with Crippen molar-refractivity contribution in [3.05, 3.63) is 101 Å². The highest BCUT2D eigenvalue weighted by Gasteiger charge is 2.43. The second-order valence-corrected chi connectivity index (χ2v) is 13.6. The van der Waals surface area contributed by atoms with Crippen LogP contribution in [0.15, 0.2) is 72.8 Å². The number of hydrogen-bond acceptors (Lipinski definition) is 5. The molecule has 0 amide bonds. The molecule has 160 valence electrons. The third-order valence-electron chi connectivity index (χ3n) is 5.91. The van der Waals surface area contributed by atoms with Crippen molar-refractivity contribution in [2.75, 3.05) is 30.1 Å². The van der Waals surface area contributed by atoms with Gasteiger partial charge in [0.15, 0.2) is 0 Å². The van der Waals surface area contributed by atoms with Crippen LogP contribution < -0.4 is 4.74 Å². The average Bonchev–Trinajstić information content (AvgIpc) is 3.51. The van der Waals surface area contributed by atoms with Gasteiger partial charge in [-0.25, -0.2) is 0 Å². The van der Waals surface area contributed by atoms with Gasteiger partial charge in [0.1, 0.15) is 13.9 Å². The molecule has 5 rings (SSSR count). The SMILES string of the molecule is COc1ccc(C2(c3cccc(C4(c5ccc(C)cc5)SCCS4)c3)SCCS2)cc1. The Balaban J connectivity index is 1.60. The zero-order valence-corrected chi connectivity index (χ0v) is 21.1. The molecule has 0 aliphatic carbocycles. The van der Waals surface area contributed by atoms with E-state index < -0.39 is 0 Å². The number of aryl methyl sites for hydroxylation is 1. The van der Waals surface area contributed by atoms with Crippen LogP contribution in [0.4, 0.5) is 0 Å². The van der Waals surface area contributed by atoms with Crippen molar-refractivity contribution in [1.29, 1.82) is 0 Å². The summed E-state index contributed by atoms with van der Waals surface area (Å²) in [7, 11) is 1.73. The van der Waals surface area contributed by atoms with Crippen LogP contribution in [-0.4, -0.2) is 30.1 Å². The van der Waals surface area contributed by atoms with Crippen LogP contribution in [0.25, 0.3) is 0 Å². The Morgan fingerprint density at radius 1 is 0.613 bits per heavy atom. The second-order valence-electron chi connectivity index (χ2n) is 7.80. The number of rotatable bonds is 5. The molecular weight excluding hydrogens is 457 g/mol. The van der Waals surface area contributed by atoms with Gasteiger partial charge in [0.05, 0.1) is 7.11 Å². The van der Waals surface area contributed by atoms with Crippen LogP contribution >= 0.6 is 47.0 Å². The first-order chi connectivity index (χ1) is 15.2. The van der Waals surface area contributed by atoms with Crippen molar-refractivity contribution < 1.29 is 4.74 Å². The fourth-order valence-electron chi connectivity index (χ4n) is 4.34. The van der Waals surface area contributed by atoms with Crippen molar-refractivity contribution >= 4 is 47.0 Å². The summed E-state index contributed by atoms with van der Waals surface area (Å²) in [4.78, 5) is 0. The fourth-order valence-corrected chi connectivity index (χ4v) is 10.9. The number of hydrogen-bond donors (Lipinski definition) is 0. The maximum atomic E-state index is 5.41. The highest BCUT2D eigenvalue weighted by atomic mass is 32.2. The minimum Gasteiger partial charge on any atom is -0.497 e. The van der Waals surface area contributed by atoms with Gasteiger partial charge >= 0.3 is 0 Å². The fraction of sp³-hybridized carbons (Fsp3) is 0.308. The predicted octanol–water partition coefficient (Wildman–Crippen LogP) is 7.37. The zero-order chi connectivity index (χ0) is 21.3. The van der Waals surface area contributed by atoms with Gasteiger partial charge in [0.2, 0.25) is 0 Å². The van der Waals surface area contributed by atoms with Gasteiger partial charge in [-0.1, -0.05) is 66.2 Å². The van der Waals surface area contributed by atoms with E-state index in [1.54, 1.807) is 7.11 Å². The predicted molar refractivity (Wildman–Crippen MR) is 142 cm³/mol. The lowest BCUT2D eigenvalue weighted by molar-refractivity contribution is 0.414. The van der Waals surface area contributed by atoms with Crippen LogP contribution in [0.1, 0.15) is 27.8 Å². The third kappa shape index (κ3) is 3.92. The lowest BCUT2D eigenvalue weighted by atomic mass is 9.97. The Morgan fingerprint density at radius 2 is 1.06 bits per heavy atom. The van der Waals surface area contributed by atoms with Gasteiger partial charge in [-0.3, -0.25) is 0 Å². The molecule has 0 spiro atoms. The van der Waals surface area contributed by atoms with E-state index in [0.29, 0.717) is 0 Å². The monoisotopic (exact) mass is 482 g/mol. The number of thioether (sulfide) groups is 4. The summed E-state index contributed by atoms with van der Waals surface area (Å²) in [5, 5.41) is 0. The number of ether oxygens (including phenoxy) is 1. The molecule has 3 aromatic rings. The zero-order valence-electron chi connectivity index (χ0n) is 17.8. The molecule has 2 heterocycles. The standard InChI is InChI=1S/C26H26OS4/c1-19-6-8-20(9-7-19)25(28-14-15-29-25)22-4-3-5-23(18-22)26(30-16-17-31-26)21-10-12-24(27-2)13-11-21/h3-13,18H,14-17H2,1-2H3. The average molecular weight is 483 g/mol. The summed E-state index contributed by atoms with van der Waals surface area (Å²) in [6.45, 7) is 2.17. The van der Waals surface area contributed by atoms with Crippen LogP contribution in [0.5, 0.6) is 5.75 Å².